The summed E-state index contributed by atoms with van der Waals surface area (Å²) < 4.78 is 37.7. The zero-order valence-corrected chi connectivity index (χ0v) is 15.1. The summed E-state index contributed by atoms with van der Waals surface area (Å²) in [5.74, 6) is 0.365. The summed E-state index contributed by atoms with van der Waals surface area (Å²) in [7, 11) is -2.28. The van der Waals surface area contributed by atoms with Crippen LogP contribution in [0.15, 0.2) is 52.4 Å². The number of ether oxygens (including phenoxy) is 2. The third-order valence-electron chi connectivity index (χ3n) is 4.02. The zero-order chi connectivity index (χ0) is 18.6. The molecule has 0 amide bonds. The highest BCUT2D eigenvalue weighted by molar-refractivity contribution is 7.89. The second-order valence-corrected chi connectivity index (χ2v) is 7.57. The van der Waals surface area contributed by atoms with Gasteiger partial charge < -0.3 is 14.6 Å². The fourth-order valence-electron chi connectivity index (χ4n) is 2.61. The van der Waals surface area contributed by atoms with Gasteiger partial charge in [-0.2, -0.15) is 4.31 Å². The van der Waals surface area contributed by atoms with E-state index in [2.05, 4.69) is 4.99 Å². The monoisotopic (exact) mass is 376 g/mol. The lowest BCUT2D eigenvalue weighted by Crippen LogP contribution is -2.40. The van der Waals surface area contributed by atoms with Crippen molar-refractivity contribution >= 4 is 21.9 Å². The molecule has 1 aliphatic heterocycles. The summed E-state index contributed by atoms with van der Waals surface area (Å²) in [6.45, 7) is 1.34. The molecule has 0 spiro atoms. The number of hydrogen-bond donors (Lipinski definition) is 1. The average Bonchev–Trinajstić information content (AvgIpc) is 2.68. The lowest BCUT2D eigenvalue weighted by atomic mass is 10.2. The minimum atomic E-state index is -3.71. The molecule has 0 aliphatic carbocycles. The molecule has 0 aromatic heterocycles. The largest absolute Gasteiger partial charge is 0.507 e. The molecule has 1 heterocycles. The van der Waals surface area contributed by atoms with Gasteiger partial charge in [0.2, 0.25) is 10.0 Å². The highest BCUT2D eigenvalue weighted by Gasteiger charge is 2.29. The number of rotatable bonds is 5. The van der Waals surface area contributed by atoms with Crippen LogP contribution in [0, 0.1) is 0 Å². The van der Waals surface area contributed by atoms with Gasteiger partial charge >= 0.3 is 0 Å². The van der Waals surface area contributed by atoms with Gasteiger partial charge in [-0.15, -0.1) is 0 Å². The first-order valence-corrected chi connectivity index (χ1v) is 9.54. The number of sulfonamides is 1. The van der Waals surface area contributed by atoms with Crippen LogP contribution in [-0.2, 0) is 14.8 Å². The number of morpholine rings is 1. The molecule has 2 aromatic carbocycles. The molecule has 0 bridgehead atoms. The van der Waals surface area contributed by atoms with Gasteiger partial charge in [-0.05, 0) is 30.3 Å². The van der Waals surface area contributed by atoms with Crippen LogP contribution < -0.4 is 4.74 Å². The molecule has 138 valence electrons. The molecule has 0 atom stereocenters. The Morgan fingerprint density at radius 3 is 2.62 bits per heavy atom. The van der Waals surface area contributed by atoms with Crippen molar-refractivity contribution in [3.63, 3.8) is 0 Å². The second-order valence-electron chi connectivity index (χ2n) is 5.67. The molecule has 26 heavy (non-hydrogen) atoms. The number of benzene rings is 2. The van der Waals surface area contributed by atoms with E-state index in [4.69, 9.17) is 9.47 Å². The maximum Gasteiger partial charge on any atom is 0.246 e. The first-order valence-electron chi connectivity index (χ1n) is 8.10. The fourth-order valence-corrected chi connectivity index (χ4v) is 4.20. The van der Waals surface area contributed by atoms with E-state index in [1.165, 1.54) is 23.7 Å². The van der Waals surface area contributed by atoms with Crippen molar-refractivity contribution in [2.24, 2.45) is 4.99 Å². The summed E-state index contributed by atoms with van der Waals surface area (Å²) in [5.41, 5.74) is 0.988. The maximum atomic E-state index is 12.9. The van der Waals surface area contributed by atoms with Gasteiger partial charge in [0.1, 0.15) is 16.4 Å². The van der Waals surface area contributed by atoms with Gasteiger partial charge in [0.15, 0.2) is 0 Å². The average molecular weight is 376 g/mol. The highest BCUT2D eigenvalue weighted by Crippen LogP contribution is 2.31. The normalized spacial score (nSPS) is 16.0. The van der Waals surface area contributed by atoms with E-state index in [0.29, 0.717) is 37.6 Å². The van der Waals surface area contributed by atoms with Crippen LogP contribution in [0.25, 0.3) is 0 Å². The van der Waals surface area contributed by atoms with E-state index in [0.717, 1.165) is 0 Å². The predicted molar refractivity (Wildman–Crippen MR) is 97.9 cm³/mol. The van der Waals surface area contributed by atoms with E-state index >= 15 is 0 Å². The summed E-state index contributed by atoms with van der Waals surface area (Å²) in [6, 6.07) is 11.5. The molecule has 7 nitrogen and oxygen atoms in total. The molecule has 8 heteroatoms. The predicted octanol–water partition coefficient (Wildman–Crippen LogP) is 2.17. The van der Waals surface area contributed by atoms with E-state index in [1.807, 2.05) is 0 Å². The van der Waals surface area contributed by atoms with Gasteiger partial charge in [-0.25, -0.2) is 8.42 Å². The van der Waals surface area contributed by atoms with Crippen LogP contribution in [0.1, 0.15) is 5.56 Å². The van der Waals surface area contributed by atoms with Crippen LogP contribution in [0.5, 0.6) is 11.5 Å². The Bertz CT molecular complexity index is 906. The Balaban J connectivity index is 1.95. The zero-order valence-electron chi connectivity index (χ0n) is 14.3. The van der Waals surface area contributed by atoms with Crippen LogP contribution in [-0.4, -0.2) is 57.5 Å². The van der Waals surface area contributed by atoms with Crippen molar-refractivity contribution in [2.75, 3.05) is 33.4 Å². The molecule has 2 aromatic rings. The van der Waals surface area contributed by atoms with Gasteiger partial charge in [0.05, 0.1) is 26.0 Å². The van der Waals surface area contributed by atoms with Crippen LogP contribution in [0.2, 0.25) is 0 Å². The van der Waals surface area contributed by atoms with Gasteiger partial charge in [-0.1, -0.05) is 12.1 Å². The number of para-hydroxylation sites is 1. The van der Waals surface area contributed by atoms with Crippen molar-refractivity contribution in [3.05, 3.63) is 48.0 Å². The standard InChI is InChI=1S/C18H20N2O5S/c1-24-17-7-6-15(19-13-14-4-2-3-5-16(14)21)12-18(17)26(22,23)20-8-10-25-11-9-20/h2-7,12-13,21H,8-11H2,1H3. The molecule has 1 saturated heterocycles. The molecule has 1 N–H and O–H groups in total. The van der Waals surface area contributed by atoms with E-state index in [1.54, 1.807) is 36.4 Å². The van der Waals surface area contributed by atoms with E-state index in [9.17, 15) is 13.5 Å². The highest BCUT2D eigenvalue weighted by atomic mass is 32.2. The summed E-state index contributed by atoms with van der Waals surface area (Å²) >= 11 is 0. The Morgan fingerprint density at radius 2 is 1.92 bits per heavy atom. The molecule has 3 rings (SSSR count). The minimum Gasteiger partial charge on any atom is -0.507 e. The number of nitrogens with zero attached hydrogens (tertiary/aromatic N) is 2. The molecule has 0 unspecified atom stereocenters. The lowest BCUT2D eigenvalue weighted by Gasteiger charge is -2.26. The number of hydrogen-bond acceptors (Lipinski definition) is 6. The lowest BCUT2D eigenvalue weighted by molar-refractivity contribution is 0.0729. The van der Waals surface area contributed by atoms with Crippen molar-refractivity contribution in [2.45, 2.75) is 4.90 Å². The molecule has 0 saturated carbocycles. The number of phenols is 1. The number of phenolic OH excluding ortho intramolecular Hbond substituents is 1. The van der Waals surface area contributed by atoms with Crippen LogP contribution in [0.4, 0.5) is 5.69 Å². The Morgan fingerprint density at radius 1 is 1.19 bits per heavy atom. The summed E-state index contributed by atoms with van der Waals surface area (Å²) in [4.78, 5) is 4.35. The van der Waals surface area contributed by atoms with Crippen LogP contribution in [0.3, 0.4) is 0 Å². The number of aliphatic imine (C=N–C) groups is 1. The van der Waals surface area contributed by atoms with Crippen molar-refractivity contribution in [1.29, 1.82) is 0 Å². The maximum absolute atomic E-state index is 12.9. The SMILES string of the molecule is COc1ccc(N=Cc2ccccc2O)cc1S(=O)(=O)N1CCOCC1. The van der Waals surface area contributed by atoms with Gasteiger partial charge in [-0.3, -0.25) is 4.99 Å². The summed E-state index contributed by atoms with van der Waals surface area (Å²) in [6.07, 6.45) is 1.49. The van der Waals surface area contributed by atoms with Crippen molar-refractivity contribution in [3.8, 4) is 11.5 Å². The third kappa shape index (κ3) is 3.87. The van der Waals surface area contributed by atoms with Crippen molar-refractivity contribution in [1.82, 2.24) is 4.31 Å². The molecule has 0 radical (unpaired) electrons. The molecular weight excluding hydrogens is 356 g/mol. The molecular formula is C18H20N2O5S. The number of methoxy groups -OCH3 is 1. The first-order chi connectivity index (χ1) is 12.5. The fraction of sp³-hybridized carbons (Fsp3) is 0.278. The number of aromatic hydroxyl groups is 1. The van der Waals surface area contributed by atoms with Gasteiger partial charge in [0.25, 0.3) is 0 Å². The van der Waals surface area contributed by atoms with E-state index in [-0.39, 0.29) is 16.4 Å². The first kappa shape index (κ1) is 18.4. The topological polar surface area (TPSA) is 88.4 Å². The molecule has 1 fully saturated rings. The Kier molecular flexibility index (Phi) is 5.55. The smallest absolute Gasteiger partial charge is 0.246 e. The minimum absolute atomic E-state index is 0.0637. The molecule has 1 aliphatic rings. The van der Waals surface area contributed by atoms with Gasteiger partial charge in [0, 0.05) is 24.9 Å². The van der Waals surface area contributed by atoms with Crippen LogP contribution >= 0.6 is 0 Å². The third-order valence-corrected chi connectivity index (χ3v) is 5.94. The quantitative estimate of drug-likeness (QED) is 0.808. The van der Waals surface area contributed by atoms with E-state index < -0.39 is 10.0 Å². The Hall–Kier alpha value is -2.42. The second kappa shape index (κ2) is 7.86. The van der Waals surface area contributed by atoms with Crippen molar-refractivity contribution < 1.29 is 23.0 Å². The Labute approximate surface area is 152 Å². The summed E-state index contributed by atoms with van der Waals surface area (Å²) in [5, 5.41) is 9.80.